The van der Waals surface area contributed by atoms with Gasteiger partial charge in [0.2, 0.25) is 5.91 Å². The van der Waals surface area contributed by atoms with Crippen molar-refractivity contribution in [3.8, 4) is 0 Å². The highest BCUT2D eigenvalue weighted by Gasteiger charge is 2.19. The number of aryl methyl sites for hydroxylation is 2. The van der Waals surface area contributed by atoms with Crippen molar-refractivity contribution in [3.05, 3.63) is 65.7 Å². The standard InChI is InChI=1S/C12H15NO.C9H13N/c1-2-13-11-8-4-3-6-10(11)7-5-9-12(13)14;10-8-4-7-9-5-2-1-3-6-9/h3-4,6,8H,2,5,7,9H2,1H3;1-3,5-6H,4,7-8,10H2. The van der Waals surface area contributed by atoms with Crippen molar-refractivity contribution in [1.29, 1.82) is 0 Å². The maximum atomic E-state index is 11.7. The Morgan fingerprint density at radius 2 is 1.71 bits per heavy atom. The van der Waals surface area contributed by atoms with Crippen molar-refractivity contribution in [3.63, 3.8) is 0 Å². The molecule has 1 heterocycles. The van der Waals surface area contributed by atoms with Crippen LogP contribution in [0.15, 0.2) is 54.6 Å². The van der Waals surface area contributed by atoms with E-state index in [1.165, 1.54) is 11.1 Å². The van der Waals surface area contributed by atoms with Gasteiger partial charge in [0, 0.05) is 18.7 Å². The van der Waals surface area contributed by atoms with Gasteiger partial charge in [-0.05, 0) is 56.3 Å². The molecule has 128 valence electrons. The zero-order valence-corrected chi connectivity index (χ0v) is 14.6. The average Bonchev–Trinajstić information content (AvgIpc) is 2.79. The van der Waals surface area contributed by atoms with Crippen molar-refractivity contribution in [1.82, 2.24) is 0 Å². The van der Waals surface area contributed by atoms with Crippen molar-refractivity contribution in [2.24, 2.45) is 5.73 Å². The summed E-state index contributed by atoms with van der Waals surface area (Å²) in [6.45, 7) is 3.59. The molecule has 0 saturated carbocycles. The average molecular weight is 324 g/mol. The minimum absolute atomic E-state index is 0.262. The van der Waals surface area contributed by atoms with Crippen LogP contribution in [0.1, 0.15) is 37.3 Å². The molecular formula is C21H28N2O. The molecule has 1 aliphatic heterocycles. The maximum Gasteiger partial charge on any atom is 0.226 e. The lowest BCUT2D eigenvalue weighted by Gasteiger charge is -2.20. The second kappa shape index (κ2) is 9.89. The molecule has 1 amide bonds. The summed E-state index contributed by atoms with van der Waals surface area (Å²) in [5.41, 5.74) is 9.17. The number of rotatable bonds is 4. The Morgan fingerprint density at radius 3 is 2.42 bits per heavy atom. The van der Waals surface area contributed by atoms with Crippen molar-refractivity contribution in [2.45, 2.75) is 39.0 Å². The first-order chi connectivity index (χ1) is 11.8. The van der Waals surface area contributed by atoms with Gasteiger partial charge in [0.25, 0.3) is 0 Å². The summed E-state index contributed by atoms with van der Waals surface area (Å²) in [7, 11) is 0. The van der Waals surface area contributed by atoms with Gasteiger partial charge in [0.15, 0.2) is 0 Å². The van der Waals surface area contributed by atoms with E-state index in [9.17, 15) is 4.79 Å². The largest absolute Gasteiger partial charge is 0.330 e. The number of anilines is 1. The molecule has 0 spiro atoms. The lowest BCUT2D eigenvalue weighted by Crippen LogP contribution is -2.29. The number of benzene rings is 2. The third-order valence-electron chi connectivity index (χ3n) is 4.25. The fourth-order valence-corrected chi connectivity index (χ4v) is 2.98. The molecule has 3 nitrogen and oxygen atoms in total. The molecule has 0 saturated heterocycles. The first-order valence-corrected chi connectivity index (χ1v) is 8.88. The molecule has 0 unspecified atom stereocenters. The predicted octanol–water partition coefficient (Wildman–Crippen LogP) is 3.95. The molecular weight excluding hydrogens is 296 g/mol. The molecule has 0 aliphatic carbocycles. The molecule has 2 N–H and O–H groups in total. The lowest BCUT2D eigenvalue weighted by molar-refractivity contribution is -0.118. The number of carbonyl (C=O) groups is 1. The van der Waals surface area contributed by atoms with Crippen molar-refractivity contribution >= 4 is 11.6 Å². The molecule has 0 radical (unpaired) electrons. The summed E-state index contributed by atoms with van der Waals surface area (Å²) in [6, 6.07) is 18.6. The van der Waals surface area contributed by atoms with E-state index in [0.717, 1.165) is 44.5 Å². The van der Waals surface area contributed by atoms with Crippen molar-refractivity contribution < 1.29 is 4.79 Å². The van der Waals surface area contributed by atoms with E-state index in [4.69, 9.17) is 5.73 Å². The van der Waals surface area contributed by atoms with Crippen LogP contribution >= 0.6 is 0 Å². The highest BCUT2D eigenvalue weighted by atomic mass is 16.2. The number of fused-ring (bicyclic) bond motifs is 1. The van der Waals surface area contributed by atoms with E-state index in [1.807, 2.05) is 36.1 Å². The summed E-state index contributed by atoms with van der Waals surface area (Å²) in [5, 5.41) is 0. The van der Waals surface area contributed by atoms with E-state index in [0.29, 0.717) is 6.42 Å². The Bertz CT molecular complexity index is 625. The number of nitrogens with two attached hydrogens (primary N) is 1. The molecule has 1 aliphatic rings. The summed E-state index contributed by atoms with van der Waals surface area (Å²) < 4.78 is 0. The number of hydrogen-bond acceptors (Lipinski definition) is 2. The molecule has 0 aromatic heterocycles. The van der Waals surface area contributed by atoms with Crippen LogP contribution in [-0.4, -0.2) is 19.0 Å². The Kier molecular flexibility index (Phi) is 7.50. The summed E-state index contributed by atoms with van der Waals surface area (Å²) in [6.07, 6.45) is 4.88. The van der Waals surface area contributed by atoms with Crippen molar-refractivity contribution in [2.75, 3.05) is 18.0 Å². The zero-order valence-electron chi connectivity index (χ0n) is 14.6. The van der Waals surface area contributed by atoms with E-state index in [1.54, 1.807) is 0 Å². The second-order valence-electron chi connectivity index (χ2n) is 6.00. The lowest BCUT2D eigenvalue weighted by atomic mass is 10.1. The number of amides is 1. The van der Waals surface area contributed by atoms with Gasteiger partial charge in [0.1, 0.15) is 0 Å². The molecule has 2 aromatic rings. The maximum absolute atomic E-state index is 11.7. The molecule has 0 atom stereocenters. The van der Waals surface area contributed by atoms with E-state index >= 15 is 0 Å². The van der Waals surface area contributed by atoms with Gasteiger partial charge in [-0.1, -0.05) is 48.5 Å². The van der Waals surface area contributed by atoms with Crippen LogP contribution in [0.2, 0.25) is 0 Å². The molecule has 3 heteroatoms. The van der Waals surface area contributed by atoms with Gasteiger partial charge in [-0.25, -0.2) is 0 Å². The second-order valence-corrected chi connectivity index (χ2v) is 6.00. The third kappa shape index (κ3) is 5.20. The molecule has 0 fully saturated rings. The number of carbonyl (C=O) groups excluding carboxylic acids is 1. The summed E-state index contributed by atoms with van der Waals surface area (Å²) >= 11 is 0. The Morgan fingerprint density at radius 1 is 1.00 bits per heavy atom. The van der Waals surface area contributed by atoms with Crippen LogP contribution in [-0.2, 0) is 17.6 Å². The first-order valence-electron chi connectivity index (χ1n) is 8.88. The molecule has 0 bridgehead atoms. The number of para-hydroxylation sites is 1. The quantitative estimate of drug-likeness (QED) is 0.925. The van der Waals surface area contributed by atoms with E-state index < -0.39 is 0 Å². The van der Waals surface area contributed by atoms with E-state index in [-0.39, 0.29) is 5.91 Å². The molecule has 2 aromatic carbocycles. The predicted molar refractivity (Wildman–Crippen MR) is 101 cm³/mol. The molecule has 3 rings (SSSR count). The van der Waals surface area contributed by atoms with Crippen LogP contribution in [0.5, 0.6) is 0 Å². The number of hydrogen-bond donors (Lipinski definition) is 1. The topological polar surface area (TPSA) is 46.3 Å². The van der Waals surface area contributed by atoms with Crippen LogP contribution in [0.4, 0.5) is 5.69 Å². The smallest absolute Gasteiger partial charge is 0.226 e. The SMILES string of the molecule is CCN1C(=O)CCCc2ccccc21.NCCCc1ccccc1. The van der Waals surface area contributed by atoms with Gasteiger partial charge < -0.3 is 10.6 Å². The fraction of sp³-hybridized carbons (Fsp3) is 0.381. The Labute approximate surface area is 145 Å². The Hall–Kier alpha value is -2.13. The minimum Gasteiger partial charge on any atom is -0.330 e. The fourth-order valence-electron chi connectivity index (χ4n) is 2.98. The van der Waals surface area contributed by atoms with Gasteiger partial charge >= 0.3 is 0 Å². The van der Waals surface area contributed by atoms with Crippen LogP contribution in [0, 0.1) is 0 Å². The zero-order chi connectivity index (χ0) is 17.2. The number of nitrogens with zero attached hydrogens (tertiary/aromatic N) is 1. The van der Waals surface area contributed by atoms with Gasteiger partial charge in [-0.3, -0.25) is 4.79 Å². The Balaban J connectivity index is 0.000000185. The highest BCUT2D eigenvalue weighted by molar-refractivity contribution is 5.94. The summed E-state index contributed by atoms with van der Waals surface area (Å²) in [4.78, 5) is 13.6. The highest BCUT2D eigenvalue weighted by Crippen LogP contribution is 2.26. The van der Waals surface area contributed by atoms with Crippen LogP contribution in [0.3, 0.4) is 0 Å². The van der Waals surface area contributed by atoms with Gasteiger partial charge in [-0.2, -0.15) is 0 Å². The van der Waals surface area contributed by atoms with Crippen LogP contribution in [0.25, 0.3) is 0 Å². The summed E-state index contributed by atoms with van der Waals surface area (Å²) in [5.74, 6) is 0.262. The third-order valence-corrected chi connectivity index (χ3v) is 4.25. The van der Waals surface area contributed by atoms with E-state index in [2.05, 4.69) is 30.3 Å². The van der Waals surface area contributed by atoms with Gasteiger partial charge in [-0.15, -0.1) is 0 Å². The normalized spacial score (nSPS) is 13.6. The van der Waals surface area contributed by atoms with Gasteiger partial charge in [0.05, 0.1) is 0 Å². The minimum atomic E-state index is 0.262. The van der Waals surface area contributed by atoms with Crippen LogP contribution < -0.4 is 10.6 Å². The monoisotopic (exact) mass is 324 g/mol. The first kappa shape index (κ1) is 18.2. The molecule has 24 heavy (non-hydrogen) atoms.